The van der Waals surface area contributed by atoms with Crippen molar-refractivity contribution < 1.29 is 9.59 Å². The number of nitrogens with zero attached hydrogens (tertiary/aromatic N) is 2. The summed E-state index contributed by atoms with van der Waals surface area (Å²) in [5.74, 6) is 0.900. The van der Waals surface area contributed by atoms with Gasteiger partial charge in [0.15, 0.2) is 6.29 Å². The monoisotopic (exact) mass is 359 g/mol. The zero-order valence-electron chi connectivity index (χ0n) is 14.0. The molecule has 2 fully saturated rings. The standard InChI is InChI=1S/C17H21N5O2S/c1-2-11-8-15(23)20-17(18-11)22-14(9-12(21-22)10-5-6-10)19-16(24)13-4-3-7-25-13/h3-4,7,9-11,17-18H,2,5-6,8H2,1H3,(H,19,24)(H,20,23). The number of amides is 2. The van der Waals surface area contributed by atoms with Crippen molar-refractivity contribution >= 4 is 29.0 Å². The third-order valence-corrected chi connectivity index (χ3v) is 5.47. The Morgan fingerprint density at radius 1 is 1.48 bits per heavy atom. The van der Waals surface area contributed by atoms with Gasteiger partial charge in [-0.3, -0.25) is 14.9 Å². The van der Waals surface area contributed by atoms with E-state index in [1.807, 2.05) is 24.4 Å². The summed E-state index contributed by atoms with van der Waals surface area (Å²) in [6.07, 6.45) is 3.12. The molecule has 1 saturated carbocycles. The van der Waals surface area contributed by atoms with Crippen molar-refractivity contribution in [1.82, 2.24) is 20.4 Å². The van der Waals surface area contributed by atoms with E-state index >= 15 is 0 Å². The molecule has 2 atom stereocenters. The van der Waals surface area contributed by atoms with E-state index in [0.29, 0.717) is 23.0 Å². The summed E-state index contributed by atoms with van der Waals surface area (Å²) in [7, 11) is 0. The minimum absolute atomic E-state index is 0.00500. The molecule has 2 aromatic heterocycles. The van der Waals surface area contributed by atoms with Crippen LogP contribution in [-0.2, 0) is 4.79 Å². The molecule has 0 aromatic carbocycles. The molecule has 8 heteroatoms. The van der Waals surface area contributed by atoms with Crippen LogP contribution in [0.3, 0.4) is 0 Å². The van der Waals surface area contributed by atoms with Gasteiger partial charge in [-0.05, 0) is 30.7 Å². The van der Waals surface area contributed by atoms with Gasteiger partial charge >= 0.3 is 0 Å². The molecule has 7 nitrogen and oxygen atoms in total. The van der Waals surface area contributed by atoms with Crippen molar-refractivity contribution in [3.8, 4) is 0 Å². The van der Waals surface area contributed by atoms with Crippen molar-refractivity contribution in [2.24, 2.45) is 0 Å². The highest BCUT2D eigenvalue weighted by molar-refractivity contribution is 7.12. The molecule has 1 aliphatic carbocycles. The first-order valence-electron chi connectivity index (χ1n) is 8.63. The zero-order valence-corrected chi connectivity index (χ0v) is 14.8. The maximum Gasteiger partial charge on any atom is 0.266 e. The smallest absolute Gasteiger partial charge is 0.266 e. The van der Waals surface area contributed by atoms with Crippen LogP contribution in [0.1, 0.15) is 60.2 Å². The Balaban J connectivity index is 1.61. The minimum Gasteiger partial charge on any atom is -0.322 e. The number of carbonyl (C=O) groups excluding carboxylic acids is 2. The average molecular weight is 359 g/mol. The van der Waals surface area contributed by atoms with E-state index in [4.69, 9.17) is 0 Å². The minimum atomic E-state index is -0.447. The first kappa shape index (κ1) is 16.3. The van der Waals surface area contributed by atoms with E-state index in [1.165, 1.54) is 11.3 Å². The Labute approximate surface area is 149 Å². The van der Waals surface area contributed by atoms with E-state index in [-0.39, 0.29) is 17.9 Å². The summed E-state index contributed by atoms with van der Waals surface area (Å²) in [6.45, 7) is 2.05. The molecule has 3 N–H and O–H groups in total. The average Bonchev–Trinajstić information content (AvgIpc) is 3.14. The Hall–Kier alpha value is -2.19. The number of rotatable bonds is 5. The Morgan fingerprint density at radius 3 is 3.00 bits per heavy atom. The number of hydrogen-bond donors (Lipinski definition) is 3. The fraction of sp³-hybridized carbons (Fsp3) is 0.471. The Morgan fingerprint density at radius 2 is 2.32 bits per heavy atom. The van der Waals surface area contributed by atoms with Gasteiger partial charge in [0.1, 0.15) is 5.82 Å². The van der Waals surface area contributed by atoms with Crippen molar-refractivity contribution in [2.45, 2.75) is 50.9 Å². The maximum atomic E-state index is 12.4. The molecular weight excluding hydrogens is 338 g/mol. The highest BCUT2D eigenvalue weighted by Gasteiger charge is 2.32. The molecule has 2 aromatic rings. The molecule has 132 valence electrons. The largest absolute Gasteiger partial charge is 0.322 e. The van der Waals surface area contributed by atoms with Crippen LogP contribution < -0.4 is 16.0 Å². The number of carbonyl (C=O) groups is 2. The highest BCUT2D eigenvalue weighted by Crippen LogP contribution is 2.40. The Bertz CT molecular complexity index is 781. The second-order valence-corrected chi connectivity index (χ2v) is 7.50. The van der Waals surface area contributed by atoms with Crippen molar-refractivity contribution in [1.29, 1.82) is 0 Å². The first-order valence-corrected chi connectivity index (χ1v) is 9.51. The molecule has 2 unspecified atom stereocenters. The molecule has 3 heterocycles. The van der Waals surface area contributed by atoms with E-state index in [2.05, 4.69) is 21.0 Å². The van der Waals surface area contributed by atoms with Gasteiger partial charge in [-0.1, -0.05) is 13.0 Å². The molecule has 1 saturated heterocycles. The van der Waals surface area contributed by atoms with Crippen LogP contribution in [0.15, 0.2) is 23.6 Å². The van der Waals surface area contributed by atoms with Gasteiger partial charge in [0.25, 0.3) is 5.91 Å². The van der Waals surface area contributed by atoms with Crippen LogP contribution >= 0.6 is 11.3 Å². The third kappa shape index (κ3) is 3.45. The van der Waals surface area contributed by atoms with Gasteiger partial charge in [0, 0.05) is 24.4 Å². The summed E-state index contributed by atoms with van der Waals surface area (Å²) < 4.78 is 1.69. The van der Waals surface area contributed by atoms with Crippen LogP contribution in [0, 0.1) is 0 Å². The third-order valence-electron chi connectivity index (χ3n) is 4.60. The van der Waals surface area contributed by atoms with E-state index in [9.17, 15) is 9.59 Å². The number of aromatic nitrogens is 2. The van der Waals surface area contributed by atoms with Gasteiger partial charge in [0.2, 0.25) is 5.91 Å². The van der Waals surface area contributed by atoms with Gasteiger partial charge in [-0.15, -0.1) is 11.3 Å². The SMILES string of the molecule is CCC1CC(=O)NC(n2nc(C3CC3)cc2NC(=O)c2cccs2)N1. The molecule has 2 amide bonds. The zero-order chi connectivity index (χ0) is 17.4. The Kier molecular flexibility index (Phi) is 4.30. The highest BCUT2D eigenvalue weighted by atomic mass is 32.1. The van der Waals surface area contributed by atoms with Crippen LogP contribution in [0.4, 0.5) is 5.82 Å². The van der Waals surface area contributed by atoms with Crippen LogP contribution in [-0.4, -0.2) is 27.6 Å². The second-order valence-electron chi connectivity index (χ2n) is 6.55. The molecular formula is C17H21N5O2S. The predicted molar refractivity (Wildman–Crippen MR) is 95.5 cm³/mol. The summed E-state index contributed by atoms with van der Waals surface area (Å²) in [5.41, 5.74) is 0.969. The lowest BCUT2D eigenvalue weighted by atomic mass is 10.1. The lowest BCUT2D eigenvalue weighted by Gasteiger charge is -2.31. The van der Waals surface area contributed by atoms with E-state index < -0.39 is 6.29 Å². The van der Waals surface area contributed by atoms with Gasteiger partial charge < -0.3 is 10.6 Å². The van der Waals surface area contributed by atoms with Crippen molar-refractivity contribution in [3.63, 3.8) is 0 Å². The van der Waals surface area contributed by atoms with E-state index in [1.54, 1.807) is 10.7 Å². The lowest BCUT2D eigenvalue weighted by molar-refractivity contribution is -0.125. The molecule has 0 spiro atoms. The fourth-order valence-corrected chi connectivity index (χ4v) is 3.64. The van der Waals surface area contributed by atoms with Crippen LogP contribution in [0.5, 0.6) is 0 Å². The predicted octanol–water partition coefficient (Wildman–Crippen LogP) is 2.42. The van der Waals surface area contributed by atoms with Gasteiger partial charge in [-0.25, -0.2) is 4.68 Å². The van der Waals surface area contributed by atoms with Gasteiger partial charge in [0.05, 0.1) is 10.6 Å². The first-order chi connectivity index (χ1) is 12.1. The second kappa shape index (κ2) is 6.61. The number of hydrogen-bond acceptors (Lipinski definition) is 5. The van der Waals surface area contributed by atoms with E-state index in [0.717, 1.165) is 25.0 Å². The number of anilines is 1. The molecule has 25 heavy (non-hydrogen) atoms. The normalized spacial score (nSPS) is 23.3. The van der Waals surface area contributed by atoms with Crippen molar-refractivity contribution in [3.05, 3.63) is 34.2 Å². The summed E-state index contributed by atoms with van der Waals surface area (Å²) in [4.78, 5) is 25.1. The molecule has 1 aliphatic heterocycles. The summed E-state index contributed by atoms with van der Waals surface area (Å²) >= 11 is 1.39. The quantitative estimate of drug-likeness (QED) is 0.765. The fourth-order valence-electron chi connectivity index (χ4n) is 3.02. The topological polar surface area (TPSA) is 88.1 Å². The molecule has 0 radical (unpaired) electrons. The molecule has 2 aliphatic rings. The van der Waals surface area contributed by atoms with Crippen molar-refractivity contribution in [2.75, 3.05) is 5.32 Å². The maximum absolute atomic E-state index is 12.4. The number of thiophene rings is 1. The number of nitrogens with one attached hydrogen (secondary N) is 3. The summed E-state index contributed by atoms with van der Waals surface area (Å²) in [6, 6.07) is 5.66. The molecule has 4 rings (SSSR count). The van der Waals surface area contributed by atoms with Crippen LogP contribution in [0.2, 0.25) is 0 Å². The molecule has 0 bridgehead atoms. The lowest BCUT2D eigenvalue weighted by Crippen LogP contribution is -2.53. The summed E-state index contributed by atoms with van der Waals surface area (Å²) in [5, 5.41) is 15.8. The van der Waals surface area contributed by atoms with Gasteiger partial charge in [-0.2, -0.15) is 5.10 Å². The van der Waals surface area contributed by atoms with Crippen LogP contribution in [0.25, 0.3) is 0 Å².